The number of hydrogen-bond donors (Lipinski definition) is 3. The van der Waals surface area contributed by atoms with E-state index in [0.29, 0.717) is 12.1 Å². The smallest absolute Gasteiger partial charge is 0.253 e. The zero-order valence-corrected chi connectivity index (χ0v) is 10.5. The first kappa shape index (κ1) is 13.9. The molecule has 0 bridgehead atoms. The van der Waals surface area contributed by atoms with Gasteiger partial charge in [-0.05, 0) is 26.7 Å². The summed E-state index contributed by atoms with van der Waals surface area (Å²) in [6, 6.07) is 0.681. The van der Waals surface area contributed by atoms with Crippen LogP contribution in [0.4, 0.5) is 0 Å². The highest BCUT2D eigenvalue weighted by Gasteiger charge is 2.25. The summed E-state index contributed by atoms with van der Waals surface area (Å²) in [5, 5.41) is 4.42. The third kappa shape index (κ3) is 4.32. The molecule has 0 aromatic rings. The normalized spacial score (nSPS) is 25.4. The van der Waals surface area contributed by atoms with Gasteiger partial charge in [-0.25, -0.2) is 5.01 Å². The highest BCUT2D eigenvalue weighted by atomic mass is 16.2. The lowest BCUT2D eigenvalue weighted by Gasteiger charge is -2.38. The van der Waals surface area contributed by atoms with Crippen LogP contribution in [-0.2, 0) is 9.59 Å². The SMILES string of the molecule is CC1CCCC(C)N1NC(=O)CNC(=O)CN. The molecule has 6 nitrogen and oxygen atoms in total. The van der Waals surface area contributed by atoms with E-state index in [2.05, 4.69) is 24.6 Å². The van der Waals surface area contributed by atoms with Crippen molar-refractivity contribution in [3.05, 3.63) is 0 Å². The van der Waals surface area contributed by atoms with Gasteiger partial charge >= 0.3 is 0 Å². The molecule has 2 unspecified atom stereocenters. The largest absolute Gasteiger partial charge is 0.346 e. The summed E-state index contributed by atoms with van der Waals surface area (Å²) in [7, 11) is 0. The van der Waals surface area contributed by atoms with E-state index in [9.17, 15) is 9.59 Å². The molecule has 17 heavy (non-hydrogen) atoms. The predicted octanol–water partition coefficient (Wildman–Crippen LogP) is -0.645. The van der Waals surface area contributed by atoms with Crippen molar-refractivity contribution in [3.8, 4) is 0 Å². The van der Waals surface area contributed by atoms with Crippen LogP contribution in [0, 0.1) is 0 Å². The van der Waals surface area contributed by atoms with Crippen LogP contribution in [0.1, 0.15) is 33.1 Å². The first-order chi connectivity index (χ1) is 8.04. The van der Waals surface area contributed by atoms with Gasteiger partial charge in [-0.15, -0.1) is 0 Å². The number of amides is 2. The summed E-state index contributed by atoms with van der Waals surface area (Å²) >= 11 is 0. The molecule has 0 aromatic heterocycles. The molecule has 0 aliphatic carbocycles. The van der Waals surface area contributed by atoms with Gasteiger partial charge in [0.05, 0.1) is 13.1 Å². The monoisotopic (exact) mass is 242 g/mol. The van der Waals surface area contributed by atoms with Gasteiger partial charge < -0.3 is 11.1 Å². The fraction of sp³-hybridized carbons (Fsp3) is 0.818. The van der Waals surface area contributed by atoms with E-state index < -0.39 is 0 Å². The number of nitrogens with two attached hydrogens (primary N) is 1. The van der Waals surface area contributed by atoms with Gasteiger partial charge in [0.1, 0.15) is 0 Å². The summed E-state index contributed by atoms with van der Waals surface area (Å²) in [4.78, 5) is 22.5. The van der Waals surface area contributed by atoms with E-state index >= 15 is 0 Å². The van der Waals surface area contributed by atoms with Crippen molar-refractivity contribution in [3.63, 3.8) is 0 Å². The summed E-state index contributed by atoms with van der Waals surface area (Å²) in [6.07, 6.45) is 3.36. The van der Waals surface area contributed by atoms with E-state index in [0.717, 1.165) is 12.8 Å². The maximum Gasteiger partial charge on any atom is 0.253 e. The van der Waals surface area contributed by atoms with Crippen molar-refractivity contribution in [2.24, 2.45) is 5.73 Å². The lowest BCUT2D eigenvalue weighted by atomic mass is 10.00. The molecule has 0 radical (unpaired) electrons. The van der Waals surface area contributed by atoms with Crippen molar-refractivity contribution in [2.75, 3.05) is 13.1 Å². The van der Waals surface area contributed by atoms with Crippen LogP contribution in [0.15, 0.2) is 0 Å². The number of carbonyl (C=O) groups excluding carboxylic acids is 2. The van der Waals surface area contributed by atoms with Gasteiger partial charge in [0.25, 0.3) is 5.91 Å². The molecule has 2 atom stereocenters. The van der Waals surface area contributed by atoms with Crippen LogP contribution in [0.3, 0.4) is 0 Å². The molecular weight excluding hydrogens is 220 g/mol. The van der Waals surface area contributed by atoms with Crippen molar-refractivity contribution in [1.82, 2.24) is 15.8 Å². The molecule has 0 spiro atoms. The van der Waals surface area contributed by atoms with Gasteiger partial charge in [-0.2, -0.15) is 0 Å². The van der Waals surface area contributed by atoms with E-state index in [1.54, 1.807) is 0 Å². The molecule has 1 rings (SSSR count). The summed E-state index contributed by atoms with van der Waals surface area (Å²) in [6.45, 7) is 4.07. The second-order valence-corrected chi connectivity index (χ2v) is 4.55. The fourth-order valence-electron chi connectivity index (χ4n) is 2.08. The second-order valence-electron chi connectivity index (χ2n) is 4.55. The Hall–Kier alpha value is -1.14. The van der Waals surface area contributed by atoms with Crippen LogP contribution < -0.4 is 16.5 Å². The van der Waals surface area contributed by atoms with Crippen molar-refractivity contribution in [1.29, 1.82) is 0 Å². The number of rotatable bonds is 4. The molecule has 1 aliphatic heterocycles. The molecular formula is C11H22N4O2. The summed E-state index contributed by atoms with van der Waals surface area (Å²) < 4.78 is 0. The average molecular weight is 242 g/mol. The maximum atomic E-state index is 11.6. The standard InChI is InChI=1S/C11H22N4O2/c1-8-4-3-5-9(2)15(8)14-11(17)7-13-10(16)6-12/h8-9H,3-7,12H2,1-2H3,(H,13,16)(H,14,17). The first-order valence-corrected chi connectivity index (χ1v) is 6.09. The molecule has 1 saturated heterocycles. The average Bonchev–Trinajstić information content (AvgIpc) is 2.31. The third-order valence-electron chi connectivity index (χ3n) is 3.08. The first-order valence-electron chi connectivity index (χ1n) is 6.09. The molecule has 1 heterocycles. The third-order valence-corrected chi connectivity index (χ3v) is 3.08. The summed E-state index contributed by atoms with van der Waals surface area (Å²) in [5.41, 5.74) is 7.97. The van der Waals surface area contributed by atoms with Gasteiger partial charge in [0.2, 0.25) is 5.91 Å². The zero-order chi connectivity index (χ0) is 12.8. The second kappa shape index (κ2) is 6.56. The van der Waals surface area contributed by atoms with Crippen molar-refractivity contribution >= 4 is 11.8 Å². The van der Waals surface area contributed by atoms with Crippen LogP contribution >= 0.6 is 0 Å². The minimum atomic E-state index is -0.320. The molecule has 2 amide bonds. The van der Waals surface area contributed by atoms with Crippen LogP contribution in [-0.4, -0.2) is 42.0 Å². The number of hydrazine groups is 1. The Labute approximate surface area is 102 Å². The molecule has 4 N–H and O–H groups in total. The molecule has 1 aliphatic rings. The molecule has 98 valence electrons. The van der Waals surface area contributed by atoms with Gasteiger partial charge in [0.15, 0.2) is 0 Å². The molecule has 1 fully saturated rings. The molecule has 0 saturated carbocycles. The highest BCUT2D eigenvalue weighted by molar-refractivity contribution is 5.85. The Kier molecular flexibility index (Phi) is 5.37. The topological polar surface area (TPSA) is 87.5 Å². The molecule has 6 heteroatoms. The number of nitrogens with one attached hydrogen (secondary N) is 2. The fourth-order valence-corrected chi connectivity index (χ4v) is 2.08. The Morgan fingerprint density at radius 2 is 1.82 bits per heavy atom. The van der Waals surface area contributed by atoms with Crippen molar-refractivity contribution in [2.45, 2.75) is 45.2 Å². The van der Waals surface area contributed by atoms with Crippen LogP contribution in [0.5, 0.6) is 0 Å². The zero-order valence-electron chi connectivity index (χ0n) is 10.5. The minimum absolute atomic E-state index is 0.0219. The predicted molar refractivity (Wildman–Crippen MR) is 64.8 cm³/mol. The Bertz CT molecular complexity index is 273. The number of hydrogen-bond acceptors (Lipinski definition) is 4. The van der Waals surface area contributed by atoms with Gasteiger partial charge in [0, 0.05) is 12.1 Å². The lowest BCUT2D eigenvalue weighted by molar-refractivity contribution is -0.131. The lowest BCUT2D eigenvalue weighted by Crippen LogP contribution is -2.56. The van der Waals surface area contributed by atoms with Gasteiger partial charge in [-0.3, -0.25) is 15.0 Å². The highest BCUT2D eigenvalue weighted by Crippen LogP contribution is 2.19. The van der Waals surface area contributed by atoms with Crippen molar-refractivity contribution < 1.29 is 9.59 Å². The maximum absolute atomic E-state index is 11.6. The molecule has 0 aromatic carbocycles. The van der Waals surface area contributed by atoms with E-state index in [4.69, 9.17) is 5.73 Å². The van der Waals surface area contributed by atoms with Crippen LogP contribution in [0.2, 0.25) is 0 Å². The Balaban J connectivity index is 2.36. The number of nitrogens with zero attached hydrogens (tertiary/aromatic N) is 1. The quantitative estimate of drug-likeness (QED) is 0.611. The van der Waals surface area contributed by atoms with Gasteiger partial charge in [-0.1, -0.05) is 6.42 Å². The van der Waals surface area contributed by atoms with E-state index in [1.807, 2.05) is 5.01 Å². The van der Waals surface area contributed by atoms with Crippen LogP contribution in [0.25, 0.3) is 0 Å². The number of carbonyl (C=O) groups is 2. The Morgan fingerprint density at radius 3 is 2.35 bits per heavy atom. The summed E-state index contributed by atoms with van der Waals surface area (Å²) in [5.74, 6) is -0.521. The van der Waals surface area contributed by atoms with E-state index in [1.165, 1.54) is 6.42 Å². The Morgan fingerprint density at radius 1 is 1.24 bits per heavy atom. The number of piperidine rings is 1. The minimum Gasteiger partial charge on any atom is -0.346 e. The van der Waals surface area contributed by atoms with E-state index in [-0.39, 0.29) is 24.9 Å².